The summed E-state index contributed by atoms with van der Waals surface area (Å²) in [5, 5.41) is 8.84. The first kappa shape index (κ1) is 14.8. The Bertz CT molecular complexity index is 469. The van der Waals surface area contributed by atoms with Crippen LogP contribution in [0.1, 0.15) is 18.9 Å². The van der Waals surface area contributed by atoms with E-state index in [9.17, 15) is 0 Å². The second-order valence-corrected chi connectivity index (χ2v) is 5.49. The Hall–Kier alpha value is -1.57. The molecule has 0 bridgehead atoms. The first-order valence-corrected chi connectivity index (χ1v) is 7.24. The van der Waals surface area contributed by atoms with Crippen molar-refractivity contribution in [3.63, 3.8) is 0 Å². The Balaban J connectivity index is 1.70. The molecule has 1 fully saturated rings. The molecule has 1 aromatic rings. The van der Waals surface area contributed by atoms with Crippen molar-refractivity contribution in [3.05, 3.63) is 29.8 Å². The van der Waals surface area contributed by atoms with Gasteiger partial charge in [-0.2, -0.15) is 5.26 Å². The monoisotopic (exact) mass is 273 g/mol. The molecule has 1 aliphatic heterocycles. The van der Waals surface area contributed by atoms with E-state index in [-0.39, 0.29) is 0 Å². The summed E-state index contributed by atoms with van der Waals surface area (Å²) in [6.45, 7) is 7.50. The highest BCUT2D eigenvalue weighted by Crippen LogP contribution is 2.13. The summed E-state index contributed by atoms with van der Waals surface area (Å²) < 4.78 is 5.71. The van der Waals surface area contributed by atoms with E-state index in [4.69, 9.17) is 10.00 Å². The molecular weight excluding hydrogens is 250 g/mol. The van der Waals surface area contributed by atoms with Crippen molar-refractivity contribution in [2.45, 2.75) is 19.4 Å². The molecule has 1 unspecified atom stereocenters. The quantitative estimate of drug-likeness (QED) is 0.769. The summed E-state index contributed by atoms with van der Waals surface area (Å²) in [6.07, 6.45) is 1.02. The van der Waals surface area contributed by atoms with Gasteiger partial charge in [-0.05, 0) is 38.6 Å². The standard InChI is InChI=1S/C16H23N3O/c1-14-13-18(2)8-9-19(14)7-4-10-20-16-6-3-5-15(11-16)12-17/h3,5-6,11,14H,4,7-10,13H2,1-2H3. The third-order valence-electron chi connectivity index (χ3n) is 3.79. The number of hydrogen-bond acceptors (Lipinski definition) is 4. The normalized spacial score (nSPS) is 20.6. The molecule has 108 valence electrons. The minimum absolute atomic E-state index is 0.621. The summed E-state index contributed by atoms with van der Waals surface area (Å²) in [5.74, 6) is 0.787. The second kappa shape index (κ2) is 7.28. The zero-order valence-corrected chi connectivity index (χ0v) is 12.4. The van der Waals surface area contributed by atoms with Crippen LogP contribution in [0.4, 0.5) is 0 Å². The van der Waals surface area contributed by atoms with Gasteiger partial charge in [0.2, 0.25) is 0 Å². The maximum absolute atomic E-state index is 8.84. The Morgan fingerprint density at radius 1 is 1.40 bits per heavy atom. The molecular formula is C16H23N3O. The van der Waals surface area contributed by atoms with E-state index >= 15 is 0 Å². The van der Waals surface area contributed by atoms with Gasteiger partial charge in [0.05, 0.1) is 18.2 Å². The predicted molar refractivity (Wildman–Crippen MR) is 79.8 cm³/mol. The van der Waals surface area contributed by atoms with Crippen LogP contribution in [0.2, 0.25) is 0 Å². The highest BCUT2D eigenvalue weighted by atomic mass is 16.5. The van der Waals surface area contributed by atoms with Crippen molar-refractivity contribution < 1.29 is 4.74 Å². The topological polar surface area (TPSA) is 39.5 Å². The van der Waals surface area contributed by atoms with Crippen molar-refractivity contribution in [2.24, 2.45) is 0 Å². The average Bonchev–Trinajstić information content (AvgIpc) is 2.45. The van der Waals surface area contributed by atoms with Gasteiger partial charge in [0.1, 0.15) is 5.75 Å². The van der Waals surface area contributed by atoms with Gasteiger partial charge in [0, 0.05) is 32.2 Å². The molecule has 2 rings (SSSR count). The van der Waals surface area contributed by atoms with E-state index in [1.165, 1.54) is 0 Å². The number of nitriles is 1. The Morgan fingerprint density at radius 3 is 3.00 bits per heavy atom. The van der Waals surface area contributed by atoms with Crippen molar-refractivity contribution in [3.8, 4) is 11.8 Å². The van der Waals surface area contributed by atoms with Crippen molar-refractivity contribution in [1.29, 1.82) is 5.26 Å². The molecule has 0 amide bonds. The Labute approximate surface area is 121 Å². The lowest BCUT2D eigenvalue weighted by Gasteiger charge is -2.38. The average molecular weight is 273 g/mol. The third kappa shape index (κ3) is 4.22. The predicted octanol–water partition coefficient (Wildman–Crippen LogP) is 1.96. The number of rotatable bonds is 5. The van der Waals surface area contributed by atoms with Gasteiger partial charge < -0.3 is 9.64 Å². The molecule has 4 nitrogen and oxygen atoms in total. The van der Waals surface area contributed by atoms with Crippen LogP contribution in [0.25, 0.3) is 0 Å². The van der Waals surface area contributed by atoms with Crippen LogP contribution in [-0.2, 0) is 0 Å². The highest BCUT2D eigenvalue weighted by molar-refractivity contribution is 5.36. The number of benzene rings is 1. The zero-order valence-electron chi connectivity index (χ0n) is 12.4. The van der Waals surface area contributed by atoms with Crippen LogP contribution in [0.5, 0.6) is 5.75 Å². The molecule has 1 heterocycles. The van der Waals surface area contributed by atoms with Gasteiger partial charge in [-0.25, -0.2) is 0 Å². The molecule has 0 saturated carbocycles. The van der Waals surface area contributed by atoms with Crippen molar-refractivity contribution in [2.75, 3.05) is 39.8 Å². The van der Waals surface area contributed by atoms with Gasteiger partial charge in [0.15, 0.2) is 0 Å². The minimum Gasteiger partial charge on any atom is -0.494 e. The lowest BCUT2D eigenvalue weighted by atomic mass is 10.2. The van der Waals surface area contributed by atoms with E-state index in [0.717, 1.165) is 38.3 Å². The fraction of sp³-hybridized carbons (Fsp3) is 0.562. The van der Waals surface area contributed by atoms with Crippen LogP contribution in [0, 0.1) is 11.3 Å². The number of hydrogen-bond donors (Lipinski definition) is 0. The van der Waals surface area contributed by atoms with Crippen molar-refractivity contribution in [1.82, 2.24) is 9.80 Å². The molecule has 0 radical (unpaired) electrons. The van der Waals surface area contributed by atoms with E-state index < -0.39 is 0 Å². The van der Waals surface area contributed by atoms with Crippen LogP contribution >= 0.6 is 0 Å². The van der Waals surface area contributed by atoms with Gasteiger partial charge in [-0.1, -0.05) is 6.07 Å². The Kier molecular flexibility index (Phi) is 5.40. The van der Waals surface area contributed by atoms with Gasteiger partial charge in [0.25, 0.3) is 0 Å². The third-order valence-corrected chi connectivity index (χ3v) is 3.79. The molecule has 0 aliphatic carbocycles. The van der Waals surface area contributed by atoms with Crippen molar-refractivity contribution >= 4 is 0 Å². The number of piperazine rings is 1. The number of ether oxygens (including phenoxy) is 1. The van der Waals surface area contributed by atoms with E-state index in [0.29, 0.717) is 18.2 Å². The van der Waals surface area contributed by atoms with E-state index in [1.807, 2.05) is 12.1 Å². The molecule has 1 aliphatic rings. The molecule has 4 heteroatoms. The number of likely N-dealkylation sites (N-methyl/N-ethyl adjacent to an activating group) is 1. The smallest absolute Gasteiger partial charge is 0.120 e. The van der Waals surface area contributed by atoms with Crippen LogP contribution in [0.15, 0.2) is 24.3 Å². The van der Waals surface area contributed by atoms with Crippen LogP contribution in [0.3, 0.4) is 0 Å². The lowest BCUT2D eigenvalue weighted by molar-refractivity contribution is 0.0945. The molecule has 1 saturated heterocycles. The maximum atomic E-state index is 8.84. The van der Waals surface area contributed by atoms with Crippen LogP contribution < -0.4 is 4.74 Å². The van der Waals surface area contributed by atoms with Gasteiger partial charge >= 0.3 is 0 Å². The SMILES string of the molecule is CC1CN(C)CCN1CCCOc1cccc(C#N)c1. The lowest BCUT2D eigenvalue weighted by Crippen LogP contribution is -2.50. The van der Waals surface area contributed by atoms with Gasteiger partial charge in [-0.3, -0.25) is 4.90 Å². The minimum atomic E-state index is 0.621. The highest BCUT2D eigenvalue weighted by Gasteiger charge is 2.20. The van der Waals surface area contributed by atoms with Crippen LogP contribution in [-0.4, -0.2) is 55.7 Å². The molecule has 1 aromatic carbocycles. The number of nitrogens with zero attached hydrogens (tertiary/aromatic N) is 3. The van der Waals surface area contributed by atoms with E-state index in [1.54, 1.807) is 12.1 Å². The fourth-order valence-electron chi connectivity index (χ4n) is 2.62. The zero-order chi connectivity index (χ0) is 14.4. The first-order valence-electron chi connectivity index (χ1n) is 7.24. The second-order valence-electron chi connectivity index (χ2n) is 5.49. The summed E-state index contributed by atoms with van der Waals surface area (Å²) in [6, 6.07) is 10.1. The summed E-state index contributed by atoms with van der Waals surface area (Å²) >= 11 is 0. The largest absolute Gasteiger partial charge is 0.494 e. The maximum Gasteiger partial charge on any atom is 0.120 e. The Morgan fingerprint density at radius 2 is 2.25 bits per heavy atom. The van der Waals surface area contributed by atoms with Gasteiger partial charge in [-0.15, -0.1) is 0 Å². The first-order chi connectivity index (χ1) is 9.69. The summed E-state index contributed by atoms with van der Waals surface area (Å²) in [5.41, 5.74) is 0.648. The molecule has 20 heavy (non-hydrogen) atoms. The summed E-state index contributed by atoms with van der Waals surface area (Å²) in [7, 11) is 2.18. The fourth-order valence-corrected chi connectivity index (χ4v) is 2.62. The molecule has 0 spiro atoms. The summed E-state index contributed by atoms with van der Waals surface area (Å²) in [4.78, 5) is 4.90. The molecule has 0 aromatic heterocycles. The van der Waals surface area contributed by atoms with E-state index in [2.05, 4.69) is 29.8 Å². The molecule has 1 atom stereocenters. The molecule has 0 N–H and O–H groups in total.